The molecule has 0 bridgehead atoms. The van der Waals surface area contributed by atoms with E-state index in [2.05, 4.69) is 9.97 Å². The first-order valence-corrected chi connectivity index (χ1v) is 8.76. The van der Waals surface area contributed by atoms with Crippen molar-refractivity contribution in [2.45, 2.75) is 33.4 Å². The van der Waals surface area contributed by atoms with Crippen molar-refractivity contribution in [3.8, 4) is 11.8 Å². The highest BCUT2D eigenvalue weighted by Crippen LogP contribution is 2.40. The predicted molar refractivity (Wildman–Crippen MR) is 97.7 cm³/mol. The Morgan fingerprint density at radius 1 is 1.15 bits per heavy atom. The highest BCUT2D eigenvalue weighted by atomic mass is 19.4. The molecule has 0 unspecified atom stereocenters. The van der Waals surface area contributed by atoms with Gasteiger partial charge in [0.25, 0.3) is 0 Å². The summed E-state index contributed by atoms with van der Waals surface area (Å²) < 4.78 is 51.5. The van der Waals surface area contributed by atoms with E-state index in [-0.39, 0.29) is 17.7 Å². The summed E-state index contributed by atoms with van der Waals surface area (Å²) in [7, 11) is 1.51. The number of hydrogen-bond acceptors (Lipinski definition) is 5. The summed E-state index contributed by atoms with van der Waals surface area (Å²) >= 11 is 0. The molecular weight excluding hydrogens is 359 g/mol. The number of hydrogen-bond donors (Lipinski definition) is 0. The lowest BCUT2D eigenvalue weighted by molar-refractivity contribution is -0.137. The third-order valence-corrected chi connectivity index (χ3v) is 3.60. The van der Waals surface area contributed by atoms with Gasteiger partial charge in [-0.15, -0.1) is 0 Å². The van der Waals surface area contributed by atoms with Gasteiger partial charge in [-0.25, -0.2) is 4.98 Å². The fourth-order valence-electron chi connectivity index (χ4n) is 2.30. The Balaban J connectivity index is 2.46. The number of ether oxygens (including phenoxy) is 2. The van der Waals surface area contributed by atoms with Crippen LogP contribution in [0, 0.1) is 5.92 Å². The minimum absolute atomic E-state index is 0.0905. The summed E-state index contributed by atoms with van der Waals surface area (Å²) in [5.74, 6) is 0.475. The Labute approximate surface area is 157 Å². The molecule has 0 N–H and O–H groups in total. The van der Waals surface area contributed by atoms with Gasteiger partial charge in [-0.1, -0.05) is 32.9 Å². The van der Waals surface area contributed by atoms with E-state index >= 15 is 0 Å². The van der Waals surface area contributed by atoms with Gasteiger partial charge in [-0.3, -0.25) is 0 Å². The van der Waals surface area contributed by atoms with Crippen molar-refractivity contribution >= 4 is 11.5 Å². The zero-order chi connectivity index (χ0) is 20.0. The number of para-hydroxylation sites is 2. The molecule has 1 aromatic carbocycles. The maximum atomic E-state index is 13.5. The van der Waals surface area contributed by atoms with Crippen LogP contribution >= 0.6 is 0 Å². The first-order chi connectivity index (χ1) is 12.7. The summed E-state index contributed by atoms with van der Waals surface area (Å²) in [4.78, 5) is 9.04. The van der Waals surface area contributed by atoms with Crippen molar-refractivity contribution in [3.63, 3.8) is 0 Å². The molecule has 0 radical (unpaired) electrons. The Bertz CT molecular complexity index is 751. The molecule has 2 aromatic rings. The average molecular weight is 383 g/mol. The molecule has 0 spiro atoms. The third kappa shape index (κ3) is 5.48. The van der Waals surface area contributed by atoms with Crippen LogP contribution in [-0.2, 0) is 6.18 Å². The Kier molecular flexibility index (Phi) is 6.87. The second kappa shape index (κ2) is 8.92. The van der Waals surface area contributed by atoms with Gasteiger partial charge in [-0.05, 0) is 24.5 Å². The Morgan fingerprint density at radius 3 is 2.48 bits per heavy atom. The average Bonchev–Trinajstić information content (AvgIpc) is 2.63. The second-order valence-electron chi connectivity index (χ2n) is 6.47. The van der Waals surface area contributed by atoms with Crippen LogP contribution in [0.15, 0.2) is 30.5 Å². The SMILES string of the molecule is CCCOc1ncc(C(F)(F)F)c(N(C)c2ccccc2OCC(C)C)n1. The number of aromatic nitrogens is 2. The fourth-order valence-corrected chi connectivity index (χ4v) is 2.30. The standard InChI is InChI=1S/C19H24F3N3O2/c1-5-10-26-18-23-11-14(19(20,21)22)17(24-18)25(4)15-8-6-7-9-16(15)27-12-13(2)3/h6-9,11,13H,5,10,12H2,1-4H3. The van der Waals surface area contributed by atoms with E-state index in [0.717, 1.165) is 6.20 Å². The smallest absolute Gasteiger partial charge is 0.421 e. The molecule has 148 valence electrons. The molecule has 0 aliphatic heterocycles. The molecule has 0 aliphatic carbocycles. The largest absolute Gasteiger partial charge is 0.491 e. The molecule has 0 saturated heterocycles. The van der Waals surface area contributed by atoms with Crippen molar-refractivity contribution < 1.29 is 22.6 Å². The molecule has 0 atom stereocenters. The van der Waals surface area contributed by atoms with Crippen molar-refractivity contribution in [3.05, 3.63) is 36.0 Å². The van der Waals surface area contributed by atoms with Crippen molar-refractivity contribution in [1.82, 2.24) is 9.97 Å². The molecule has 0 amide bonds. The minimum atomic E-state index is -4.60. The number of rotatable bonds is 8. The van der Waals surface area contributed by atoms with E-state index in [1.807, 2.05) is 20.8 Å². The first kappa shape index (κ1) is 20.8. The van der Waals surface area contributed by atoms with Crippen molar-refractivity contribution in [2.75, 3.05) is 25.2 Å². The molecule has 0 aliphatic rings. The van der Waals surface area contributed by atoms with Crippen LogP contribution in [0.4, 0.5) is 24.7 Å². The maximum Gasteiger partial charge on any atom is 0.421 e. The van der Waals surface area contributed by atoms with Crippen LogP contribution in [0.25, 0.3) is 0 Å². The van der Waals surface area contributed by atoms with Gasteiger partial charge in [0.05, 0.1) is 18.9 Å². The molecule has 0 saturated carbocycles. The summed E-state index contributed by atoms with van der Waals surface area (Å²) in [6.45, 7) is 6.65. The number of halogens is 3. The van der Waals surface area contributed by atoms with E-state index in [4.69, 9.17) is 9.47 Å². The fraction of sp³-hybridized carbons (Fsp3) is 0.474. The molecule has 1 heterocycles. The lowest BCUT2D eigenvalue weighted by Crippen LogP contribution is -2.20. The minimum Gasteiger partial charge on any atom is -0.491 e. The van der Waals surface area contributed by atoms with Gasteiger partial charge in [0, 0.05) is 13.2 Å². The van der Waals surface area contributed by atoms with Gasteiger partial charge in [0.1, 0.15) is 11.3 Å². The van der Waals surface area contributed by atoms with E-state index in [0.29, 0.717) is 31.1 Å². The number of nitrogens with zero attached hydrogens (tertiary/aromatic N) is 3. The van der Waals surface area contributed by atoms with Crippen molar-refractivity contribution in [2.24, 2.45) is 5.92 Å². The number of benzene rings is 1. The summed E-state index contributed by atoms with van der Waals surface area (Å²) in [6, 6.07) is 6.82. The van der Waals surface area contributed by atoms with Gasteiger partial charge < -0.3 is 14.4 Å². The monoisotopic (exact) mass is 383 g/mol. The number of anilines is 2. The highest BCUT2D eigenvalue weighted by Gasteiger charge is 2.37. The second-order valence-corrected chi connectivity index (χ2v) is 6.47. The zero-order valence-corrected chi connectivity index (χ0v) is 15.9. The van der Waals surface area contributed by atoms with Gasteiger partial charge in [0.2, 0.25) is 0 Å². The normalized spacial score (nSPS) is 11.6. The molecule has 27 heavy (non-hydrogen) atoms. The molecule has 2 rings (SSSR count). The maximum absolute atomic E-state index is 13.5. The summed E-state index contributed by atoms with van der Waals surface area (Å²) in [5.41, 5.74) is -0.462. The molecule has 8 heteroatoms. The lowest BCUT2D eigenvalue weighted by atomic mass is 10.2. The zero-order valence-electron chi connectivity index (χ0n) is 15.9. The van der Waals surface area contributed by atoms with Crippen LogP contribution in [-0.4, -0.2) is 30.2 Å². The molecule has 0 fully saturated rings. The van der Waals surface area contributed by atoms with Gasteiger partial charge in [0.15, 0.2) is 5.82 Å². The van der Waals surface area contributed by atoms with E-state index in [1.165, 1.54) is 11.9 Å². The van der Waals surface area contributed by atoms with Crippen molar-refractivity contribution in [1.29, 1.82) is 0 Å². The number of alkyl halides is 3. The van der Waals surface area contributed by atoms with Crippen LogP contribution in [0.5, 0.6) is 11.8 Å². The van der Waals surface area contributed by atoms with Crippen LogP contribution in [0.1, 0.15) is 32.8 Å². The highest BCUT2D eigenvalue weighted by molar-refractivity contribution is 5.68. The topological polar surface area (TPSA) is 47.5 Å². The van der Waals surface area contributed by atoms with Crippen LogP contribution in [0.2, 0.25) is 0 Å². The van der Waals surface area contributed by atoms with E-state index in [1.54, 1.807) is 24.3 Å². The predicted octanol–water partition coefficient (Wildman–Crippen LogP) is 5.09. The van der Waals surface area contributed by atoms with E-state index < -0.39 is 11.7 Å². The lowest BCUT2D eigenvalue weighted by Gasteiger charge is -2.24. The van der Waals surface area contributed by atoms with E-state index in [9.17, 15) is 13.2 Å². The third-order valence-electron chi connectivity index (χ3n) is 3.60. The molecular formula is C19H24F3N3O2. The first-order valence-electron chi connectivity index (χ1n) is 8.76. The Hall–Kier alpha value is -2.51. The summed E-state index contributed by atoms with van der Waals surface area (Å²) in [6.07, 6.45) is -3.15. The quantitative estimate of drug-likeness (QED) is 0.636. The van der Waals surface area contributed by atoms with Gasteiger partial charge in [-0.2, -0.15) is 18.2 Å². The van der Waals surface area contributed by atoms with Crippen LogP contribution in [0.3, 0.4) is 0 Å². The Morgan fingerprint density at radius 2 is 1.85 bits per heavy atom. The molecule has 1 aromatic heterocycles. The van der Waals surface area contributed by atoms with Gasteiger partial charge >= 0.3 is 12.2 Å². The van der Waals surface area contributed by atoms with Crippen LogP contribution < -0.4 is 14.4 Å². The summed E-state index contributed by atoms with van der Waals surface area (Å²) in [5, 5.41) is 0. The molecule has 5 nitrogen and oxygen atoms in total.